The second-order valence-electron chi connectivity index (χ2n) is 7.43. The number of fused-ring (bicyclic) bond motifs is 3. The highest BCUT2D eigenvalue weighted by atomic mass is 127. The highest BCUT2D eigenvalue weighted by Crippen LogP contribution is 2.44. The van der Waals surface area contributed by atoms with Crippen molar-refractivity contribution in [3.8, 4) is 0 Å². The fraction of sp³-hybridized carbons (Fsp3) is 0.250. The van der Waals surface area contributed by atoms with Crippen molar-refractivity contribution in [3.63, 3.8) is 0 Å². The largest absolute Gasteiger partial charge is 0.454 e. The molecule has 1 aliphatic carbocycles. The maximum absolute atomic E-state index is 6.27. The summed E-state index contributed by atoms with van der Waals surface area (Å²) in [6, 6.07) is 23.6. The molecule has 1 aliphatic rings. The zero-order valence-electron chi connectivity index (χ0n) is 15.2. The van der Waals surface area contributed by atoms with Crippen LogP contribution in [-0.4, -0.2) is 0 Å². The normalized spacial score (nSPS) is 15.4. The Balaban J connectivity index is 1.63. The summed E-state index contributed by atoms with van der Waals surface area (Å²) in [5, 5.41) is 2.36. The van der Waals surface area contributed by atoms with Gasteiger partial charge in [-0.05, 0) is 42.5 Å². The van der Waals surface area contributed by atoms with Gasteiger partial charge in [-0.25, -0.2) is 0 Å². The lowest BCUT2D eigenvalue weighted by atomic mass is 9.83. The highest BCUT2D eigenvalue weighted by Gasteiger charge is 2.22. The Kier molecular flexibility index (Phi) is 4.56. The molecule has 0 aliphatic heterocycles. The Bertz CT molecular complexity index is 1090. The predicted octanol–water partition coefficient (Wildman–Crippen LogP) is 8.12. The molecule has 5 rings (SSSR count). The second kappa shape index (κ2) is 7.19. The average Bonchev–Trinajstić information content (AvgIpc) is 3.13. The van der Waals surface area contributed by atoms with Gasteiger partial charge in [0.1, 0.15) is 5.58 Å². The van der Waals surface area contributed by atoms with Crippen LogP contribution >= 0.6 is 22.9 Å². The molecular formula is C24H22INO. The number of halogens is 1. The molecule has 1 saturated carbocycles. The first-order chi connectivity index (χ1) is 13.3. The van der Waals surface area contributed by atoms with E-state index in [2.05, 4.69) is 80.6 Å². The number of para-hydroxylation sites is 3. The van der Waals surface area contributed by atoms with Crippen LogP contribution in [0.5, 0.6) is 0 Å². The summed E-state index contributed by atoms with van der Waals surface area (Å²) in [5.74, 6) is 0.669. The lowest BCUT2D eigenvalue weighted by Gasteiger charge is -2.27. The molecule has 0 bridgehead atoms. The molecule has 4 aromatic rings. The molecule has 1 heterocycles. The van der Waals surface area contributed by atoms with E-state index in [1.807, 2.05) is 12.1 Å². The number of benzene rings is 3. The van der Waals surface area contributed by atoms with Gasteiger partial charge in [0.25, 0.3) is 0 Å². The Hall–Kier alpha value is -2.01. The number of hydrogen-bond donors (Lipinski definition) is 0. The van der Waals surface area contributed by atoms with E-state index in [0.717, 1.165) is 16.9 Å². The van der Waals surface area contributed by atoms with Crippen molar-refractivity contribution in [2.75, 3.05) is 3.11 Å². The molecule has 3 aromatic carbocycles. The Labute approximate surface area is 173 Å². The van der Waals surface area contributed by atoms with Crippen molar-refractivity contribution >= 4 is 56.2 Å². The molecule has 1 aromatic heterocycles. The minimum absolute atomic E-state index is 0.669. The third-order valence-electron chi connectivity index (χ3n) is 5.79. The van der Waals surface area contributed by atoms with E-state index < -0.39 is 0 Å². The molecule has 2 nitrogen and oxygen atoms in total. The summed E-state index contributed by atoms with van der Waals surface area (Å²) in [7, 11) is 0. The zero-order chi connectivity index (χ0) is 18.2. The Morgan fingerprint density at radius 2 is 1.44 bits per heavy atom. The van der Waals surface area contributed by atoms with Gasteiger partial charge in [-0.3, -0.25) is 3.11 Å². The van der Waals surface area contributed by atoms with Crippen LogP contribution in [0.15, 0.2) is 71.1 Å². The number of rotatable bonds is 3. The molecule has 0 atom stereocenters. The average molecular weight is 467 g/mol. The molecule has 0 N–H and O–H groups in total. The molecule has 0 spiro atoms. The summed E-state index contributed by atoms with van der Waals surface area (Å²) in [6.45, 7) is 0. The quantitative estimate of drug-likeness (QED) is 0.224. The number of anilines is 2. The molecule has 0 saturated heterocycles. The Morgan fingerprint density at radius 1 is 0.741 bits per heavy atom. The van der Waals surface area contributed by atoms with Crippen molar-refractivity contribution < 1.29 is 4.42 Å². The van der Waals surface area contributed by atoms with Crippen molar-refractivity contribution in [1.29, 1.82) is 0 Å². The van der Waals surface area contributed by atoms with Gasteiger partial charge in [-0.1, -0.05) is 67.8 Å². The molecule has 1 fully saturated rings. The van der Waals surface area contributed by atoms with E-state index >= 15 is 0 Å². The SMILES string of the molecule is IN(c1ccccc1C1CCCCC1)c1cccc2c1oc1ccccc12. The molecule has 136 valence electrons. The Morgan fingerprint density at radius 3 is 2.33 bits per heavy atom. The van der Waals surface area contributed by atoms with Crippen LogP contribution < -0.4 is 3.11 Å². The summed E-state index contributed by atoms with van der Waals surface area (Å²) < 4.78 is 8.55. The van der Waals surface area contributed by atoms with Gasteiger partial charge in [0.15, 0.2) is 5.58 Å². The first kappa shape index (κ1) is 17.1. The number of nitrogens with zero attached hydrogens (tertiary/aromatic N) is 1. The zero-order valence-corrected chi connectivity index (χ0v) is 17.4. The molecular weight excluding hydrogens is 445 g/mol. The summed E-state index contributed by atoms with van der Waals surface area (Å²) in [5.41, 5.74) is 5.79. The van der Waals surface area contributed by atoms with Crippen LogP contribution in [0, 0.1) is 0 Å². The third-order valence-corrected chi connectivity index (χ3v) is 6.83. The minimum atomic E-state index is 0.669. The van der Waals surface area contributed by atoms with Crippen molar-refractivity contribution in [2.24, 2.45) is 0 Å². The third kappa shape index (κ3) is 3.02. The molecule has 0 unspecified atom stereocenters. The summed E-state index contributed by atoms with van der Waals surface area (Å²) in [4.78, 5) is 0. The highest BCUT2D eigenvalue weighted by molar-refractivity contribution is 14.1. The van der Waals surface area contributed by atoms with E-state index in [1.165, 1.54) is 54.1 Å². The summed E-state index contributed by atoms with van der Waals surface area (Å²) >= 11 is 2.44. The van der Waals surface area contributed by atoms with E-state index in [-0.39, 0.29) is 0 Å². The number of furan rings is 1. The van der Waals surface area contributed by atoms with Crippen LogP contribution in [0.1, 0.15) is 43.6 Å². The minimum Gasteiger partial charge on any atom is -0.454 e. The van der Waals surface area contributed by atoms with Gasteiger partial charge in [-0.15, -0.1) is 0 Å². The van der Waals surface area contributed by atoms with Crippen LogP contribution in [0.25, 0.3) is 21.9 Å². The lowest BCUT2D eigenvalue weighted by molar-refractivity contribution is 0.444. The second-order valence-corrected chi connectivity index (χ2v) is 8.39. The van der Waals surface area contributed by atoms with E-state index in [0.29, 0.717) is 5.92 Å². The van der Waals surface area contributed by atoms with Gasteiger partial charge in [0, 0.05) is 10.8 Å². The molecule has 3 heteroatoms. The monoisotopic (exact) mass is 467 g/mol. The van der Waals surface area contributed by atoms with Crippen molar-refractivity contribution in [1.82, 2.24) is 0 Å². The van der Waals surface area contributed by atoms with Gasteiger partial charge in [-0.2, -0.15) is 0 Å². The van der Waals surface area contributed by atoms with Crippen LogP contribution in [0.4, 0.5) is 11.4 Å². The molecule has 27 heavy (non-hydrogen) atoms. The molecule has 0 radical (unpaired) electrons. The lowest BCUT2D eigenvalue weighted by Crippen LogP contribution is -2.10. The predicted molar refractivity (Wildman–Crippen MR) is 122 cm³/mol. The van der Waals surface area contributed by atoms with Crippen molar-refractivity contribution in [2.45, 2.75) is 38.0 Å². The van der Waals surface area contributed by atoms with E-state index in [4.69, 9.17) is 4.42 Å². The smallest absolute Gasteiger partial charge is 0.159 e. The number of hydrogen-bond acceptors (Lipinski definition) is 2. The van der Waals surface area contributed by atoms with Gasteiger partial charge in [0.05, 0.1) is 34.2 Å². The maximum atomic E-state index is 6.27. The van der Waals surface area contributed by atoms with Crippen LogP contribution in [0.2, 0.25) is 0 Å². The van der Waals surface area contributed by atoms with E-state index in [9.17, 15) is 0 Å². The van der Waals surface area contributed by atoms with Crippen LogP contribution in [0.3, 0.4) is 0 Å². The molecule has 0 amide bonds. The standard InChI is InChI=1S/C24H22INO/c25-26(21-14-6-4-11-18(21)17-9-2-1-3-10-17)22-15-8-13-20-19-12-5-7-16-23(19)27-24(20)22/h4-8,11-17H,1-3,9-10H2. The van der Waals surface area contributed by atoms with Gasteiger partial charge >= 0.3 is 0 Å². The summed E-state index contributed by atoms with van der Waals surface area (Å²) in [6.07, 6.45) is 6.68. The fourth-order valence-electron chi connectivity index (χ4n) is 4.44. The topological polar surface area (TPSA) is 16.4 Å². The fourth-order valence-corrected chi connectivity index (χ4v) is 5.26. The van der Waals surface area contributed by atoms with Crippen LogP contribution in [-0.2, 0) is 0 Å². The van der Waals surface area contributed by atoms with Crippen molar-refractivity contribution in [3.05, 3.63) is 72.3 Å². The first-order valence-electron chi connectivity index (χ1n) is 9.78. The van der Waals surface area contributed by atoms with Gasteiger partial charge in [0.2, 0.25) is 0 Å². The van der Waals surface area contributed by atoms with Gasteiger partial charge < -0.3 is 4.42 Å². The first-order valence-corrected chi connectivity index (χ1v) is 10.7. The maximum Gasteiger partial charge on any atom is 0.159 e. The van der Waals surface area contributed by atoms with E-state index in [1.54, 1.807) is 0 Å².